The highest BCUT2D eigenvalue weighted by Crippen LogP contribution is 2.29. The van der Waals surface area contributed by atoms with Crippen molar-refractivity contribution in [2.45, 2.75) is 57.8 Å². The molecule has 1 atom stereocenters. The smallest absolute Gasteiger partial charge is 0.235 e. The van der Waals surface area contributed by atoms with E-state index in [0.29, 0.717) is 11.8 Å². The van der Waals surface area contributed by atoms with Crippen molar-refractivity contribution < 1.29 is 13.9 Å². The van der Waals surface area contributed by atoms with Crippen molar-refractivity contribution in [1.29, 1.82) is 0 Å². The second-order valence-electron chi connectivity index (χ2n) is 6.71. The molecule has 1 saturated heterocycles. The minimum atomic E-state index is -1.34. The van der Waals surface area contributed by atoms with E-state index in [9.17, 15) is 4.39 Å². The Balaban J connectivity index is 1.87. The van der Waals surface area contributed by atoms with Crippen LogP contribution in [-0.2, 0) is 4.74 Å². The van der Waals surface area contributed by atoms with Gasteiger partial charge in [-0.1, -0.05) is 12.1 Å². The number of ether oxygens (including phenoxy) is 2. The lowest BCUT2D eigenvalue weighted by molar-refractivity contribution is 0.0860. The van der Waals surface area contributed by atoms with Crippen LogP contribution >= 0.6 is 0 Å². The summed E-state index contributed by atoms with van der Waals surface area (Å²) in [5, 5.41) is 0. The van der Waals surface area contributed by atoms with E-state index in [1.165, 1.54) is 6.92 Å². The summed E-state index contributed by atoms with van der Waals surface area (Å²) in [4.78, 5) is 5.00. The third-order valence-electron chi connectivity index (χ3n) is 4.74. The molecule has 2 N–H and O–H groups in total. The highest BCUT2D eigenvalue weighted by atomic mass is 19.1. The first-order valence-electron chi connectivity index (χ1n) is 9.18. The van der Waals surface area contributed by atoms with Crippen LogP contribution in [0.5, 0.6) is 5.75 Å². The van der Waals surface area contributed by atoms with Crippen molar-refractivity contribution in [3.05, 3.63) is 35.4 Å². The quantitative estimate of drug-likeness (QED) is 0.887. The lowest BCUT2D eigenvalue weighted by Gasteiger charge is -2.24. The van der Waals surface area contributed by atoms with Gasteiger partial charge in [0.05, 0.1) is 6.04 Å². The van der Waals surface area contributed by atoms with E-state index in [-0.39, 0.29) is 0 Å². The molecule has 1 aliphatic carbocycles. The van der Waals surface area contributed by atoms with Gasteiger partial charge in [-0.25, -0.2) is 4.39 Å². The molecule has 0 aromatic heterocycles. The number of halogens is 1. The predicted molar refractivity (Wildman–Crippen MR) is 98.5 cm³/mol. The van der Waals surface area contributed by atoms with E-state index in [1.54, 1.807) is 12.1 Å². The van der Waals surface area contributed by atoms with Crippen LogP contribution in [-0.4, -0.2) is 31.3 Å². The molecular formula is C20H27FN2O2. The first-order chi connectivity index (χ1) is 12.1. The fraction of sp³-hybridized carbons (Fsp3) is 0.550. The molecule has 1 saturated carbocycles. The molecule has 1 aromatic rings. The van der Waals surface area contributed by atoms with Crippen LogP contribution in [0.3, 0.4) is 0 Å². The summed E-state index contributed by atoms with van der Waals surface area (Å²) in [5.41, 5.74) is 10.4. The second kappa shape index (κ2) is 8.48. The van der Waals surface area contributed by atoms with Crippen LogP contribution in [0.25, 0.3) is 5.70 Å². The Labute approximate surface area is 148 Å². The highest BCUT2D eigenvalue weighted by molar-refractivity contribution is 6.06. The number of hydrogen-bond donors (Lipinski definition) is 1. The molecule has 0 radical (unpaired) electrons. The van der Waals surface area contributed by atoms with Crippen molar-refractivity contribution in [1.82, 2.24) is 0 Å². The molecule has 2 aliphatic rings. The molecule has 0 spiro atoms. The van der Waals surface area contributed by atoms with E-state index in [4.69, 9.17) is 20.2 Å². The molecule has 2 fully saturated rings. The maximum atomic E-state index is 13.1. The molecule has 136 valence electrons. The number of nitrogens with two attached hydrogens (primary N) is 1. The summed E-state index contributed by atoms with van der Waals surface area (Å²) in [6.07, 6.45) is 4.82. The van der Waals surface area contributed by atoms with E-state index in [0.717, 1.165) is 74.3 Å². The largest absolute Gasteiger partial charge is 0.461 e. The number of nitrogens with zero attached hydrogens (tertiary/aromatic N) is 1. The van der Waals surface area contributed by atoms with Crippen LogP contribution in [0, 0.1) is 0 Å². The Kier molecular flexibility index (Phi) is 6.08. The Morgan fingerprint density at radius 1 is 1.28 bits per heavy atom. The highest BCUT2D eigenvalue weighted by Gasteiger charge is 2.20. The fourth-order valence-electron chi connectivity index (χ4n) is 3.46. The maximum Gasteiger partial charge on any atom is 0.235 e. The molecule has 1 heterocycles. The zero-order valence-corrected chi connectivity index (χ0v) is 14.8. The van der Waals surface area contributed by atoms with E-state index < -0.39 is 6.36 Å². The molecule has 1 aromatic carbocycles. The fourth-order valence-corrected chi connectivity index (χ4v) is 3.46. The number of hydrogen-bond acceptors (Lipinski definition) is 4. The lowest BCUT2D eigenvalue weighted by atomic mass is 9.89. The molecule has 0 amide bonds. The van der Waals surface area contributed by atoms with Crippen LogP contribution in [0.4, 0.5) is 4.39 Å². The SMILES string of the molecule is CC(F)Oc1cccc(/C(N)=C2\CCCCC2=NC2CCOCC2)c1. The third-order valence-corrected chi connectivity index (χ3v) is 4.74. The minimum Gasteiger partial charge on any atom is -0.461 e. The van der Waals surface area contributed by atoms with Gasteiger partial charge in [0.25, 0.3) is 0 Å². The third kappa shape index (κ3) is 4.82. The lowest BCUT2D eigenvalue weighted by Crippen LogP contribution is -2.23. The molecule has 3 rings (SSSR count). The topological polar surface area (TPSA) is 56.8 Å². The summed E-state index contributed by atoms with van der Waals surface area (Å²) in [7, 11) is 0. The van der Waals surface area contributed by atoms with Gasteiger partial charge in [-0.15, -0.1) is 0 Å². The second-order valence-corrected chi connectivity index (χ2v) is 6.71. The van der Waals surface area contributed by atoms with Crippen LogP contribution in [0.15, 0.2) is 34.8 Å². The average molecular weight is 346 g/mol. The van der Waals surface area contributed by atoms with Crippen molar-refractivity contribution >= 4 is 11.4 Å². The van der Waals surface area contributed by atoms with Crippen LogP contribution < -0.4 is 10.5 Å². The molecule has 1 unspecified atom stereocenters. The van der Waals surface area contributed by atoms with Gasteiger partial charge in [0.2, 0.25) is 6.36 Å². The van der Waals surface area contributed by atoms with E-state index in [1.807, 2.05) is 12.1 Å². The summed E-state index contributed by atoms with van der Waals surface area (Å²) >= 11 is 0. The van der Waals surface area contributed by atoms with E-state index in [2.05, 4.69) is 0 Å². The monoisotopic (exact) mass is 346 g/mol. The van der Waals surface area contributed by atoms with Crippen molar-refractivity contribution in [2.24, 2.45) is 10.7 Å². The number of aliphatic imine (C=N–C) groups is 1. The molecule has 1 aliphatic heterocycles. The predicted octanol–water partition coefficient (Wildman–Crippen LogP) is 4.24. The average Bonchev–Trinajstić information content (AvgIpc) is 2.62. The van der Waals surface area contributed by atoms with E-state index >= 15 is 0 Å². The van der Waals surface area contributed by atoms with Gasteiger partial charge in [0.15, 0.2) is 0 Å². The Bertz CT molecular complexity index is 649. The van der Waals surface area contributed by atoms with Gasteiger partial charge < -0.3 is 15.2 Å². The van der Waals surface area contributed by atoms with Gasteiger partial charge in [-0.3, -0.25) is 4.99 Å². The zero-order chi connectivity index (χ0) is 17.6. The number of allylic oxidation sites excluding steroid dienone is 1. The molecule has 4 nitrogen and oxygen atoms in total. The standard InChI is InChI=1S/C20H27FN2O2/c1-14(21)25-17-6-4-5-15(13-17)20(22)18-7-2-3-8-19(18)23-16-9-11-24-12-10-16/h4-6,13-14,16H,2-3,7-12,22H2,1H3/b20-18-,23-19?. The summed E-state index contributed by atoms with van der Waals surface area (Å²) in [5.74, 6) is 0.495. The van der Waals surface area contributed by atoms with Crippen LogP contribution in [0.1, 0.15) is 51.0 Å². The summed E-state index contributed by atoms with van der Waals surface area (Å²) in [6.45, 7) is 2.95. The summed E-state index contributed by atoms with van der Waals surface area (Å²) < 4.78 is 23.7. The van der Waals surface area contributed by atoms with Crippen molar-refractivity contribution in [3.8, 4) is 5.75 Å². The number of benzene rings is 1. The van der Waals surface area contributed by atoms with Crippen molar-refractivity contribution in [3.63, 3.8) is 0 Å². The molecular weight excluding hydrogens is 319 g/mol. The summed E-state index contributed by atoms with van der Waals surface area (Å²) in [6, 6.07) is 7.68. The zero-order valence-electron chi connectivity index (χ0n) is 14.8. The maximum absolute atomic E-state index is 13.1. The van der Waals surface area contributed by atoms with Gasteiger partial charge in [0.1, 0.15) is 5.75 Å². The van der Waals surface area contributed by atoms with Gasteiger partial charge in [-0.05, 0) is 56.2 Å². The Morgan fingerprint density at radius 2 is 2.04 bits per heavy atom. The molecule has 0 bridgehead atoms. The normalized spacial score (nSPS) is 24.2. The Hall–Kier alpha value is -1.88. The number of alkyl halides is 1. The first-order valence-corrected chi connectivity index (χ1v) is 9.18. The number of rotatable bonds is 4. The first kappa shape index (κ1) is 17.9. The molecule has 5 heteroatoms. The van der Waals surface area contributed by atoms with Gasteiger partial charge in [-0.2, -0.15) is 0 Å². The van der Waals surface area contributed by atoms with Gasteiger partial charge in [0, 0.05) is 37.1 Å². The molecule has 25 heavy (non-hydrogen) atoms. The van der Waals surface area contributed by atoms with Gasteiger partial charge >= 0.3 is 0 Å². The van der Waals surface area contributed by atoms with Crippen molar-refractivity contribution in [2.75, 3.05) is 13.2 Å². The van der Waals surface area contributed by atoms with Crippen LogP contribution in [0.2, 0.25) is 0 Å². The minimum absolute atomic E-state index is 0.340. The Morgan fingerprint density at radius 3 is 2.80 bits per heavy atom.